The van der Waals surface area contributed by atoms with Crippen LogP contribution in [-0.2, 0) is 14.3 Å². The van der Waals surface area contributed by atoms with E-state index in [0.717, 1.165) is 18.4 Å². The van der Waals surface area contributed by atoms with Gasteiger partial charge in [-0.05, 0) is 37.9 Å². The highest BCUT2D eigenvalue weighted by Crippen LogP contribution is 3.02. The number of nitrogens with zero attached hydrogens (tertiary/aromatic N) is 5. The lowest BCUT2D eigenvalue weighted by Gasteiger charge is -2.41. The average molecular weight is 607 g/mol. The van der Waals surface area contributed by atoms with Gasteiger partial charge in [-0.1, -0.05) is 31.6 Å². The van der Waals surface area contributed by atoms with Crippen LogP contribution in [0.25, 0.3) is 0 Å². The van der Waals surface area contributed by atoms with Crippen LogP contribution < -0.4 is 10.2 Å². The minimum atomic E-state index is -9.77. The van der Waals surface area contributed by atoms with Crippen molar-refractivity contribution in [3.8, 4) is 6.19 Å². The number of allylic oxidation sites excluding steroid dienone is 1. The number of benzene rings is 1. The highest BCUT2D eigenvalue weighted by molar-refractivity contribution is 8.45. The second-order valence-corrected chi connectivity index (χ2v) is 11.8. The second-order valence-electron chi connectivity index (χ2n) is 9.41. The van der Waals surface area contributed by atoms with Crippen molar-refractivity contribution in [1.82, 2.24) is 15.1 Å². The van der Waals surface area contributed by atoms with Crippen LogP contribution in [-0.4, -0.2) is 93.8 Å². The lowest BCUT2D eigenvalue weighted by atomic mass is 10.0. The fourth-order valence-corrected chi connectivity index (χ4v) is 5.07. The molecule has 0 radical (unpaired) electrons. The van der Waals surface area contributed by atoms with E-state index in [2.05, 4.69) is 17.0 Å². The van der Waals surface area contributed by atoms with E-state index in [1.165, 1.54) is 23.0 Å². The topological polar surface area (TPSA) is 101 Å². The number of likely N-dealkylation sites (tertiary alicyclic amines) is 1. The number of ether oxygens (including phenoxy) is 1. The summed E-state index contributed by atoms with van der Waals surface area (Å²) in [6.07, 6.45) is 8.15. The predicted molar refractivity (Wildman–Crippen MR) is 150 cm³/mol. The SMILES string of the molecule is C=N/C=C(\C=C/C)C(C(=O)N1CCNCC1)N(C)c1ccc(S(F)(F)(F)(F)F)cc1.COC1CC(C=O)N(C#N)C1. The number of carbonyl (C=O) groups is 2. The van der Waals surface area contributed by atoms with E-state index < -0.39 is 21.2 Å². The number of hydrogen-bond acceptors (Lipinski definition) is 8. The van der Waals surface area contributed by atoms with Crippen molar-refractivity contribution >= 4 is 34.8 Å². The fourth-order valence-electron chi connectivity index (χ4n) is 4.42. The smallest absolute Gasteiger partial charge is 0.310 e. The number of piperazine rings is 1. The Labute approximate surface area is 236 Å². The van der Waals surface area contributed by atoms with Gasteiger partial charge < -0.3 is 24.6 Å². The van der Waals surface area contributed by atoms with Crippen molar-refractivity contribution in [1.29, 1.82) is 5.26 Å². The summed E-state index contributed by atoms with van der Waals surface area (Å²) >= 11 is 0. The number of rotatable bonds is 9. The standard InChI is InChI=1S/C19H25F5N4OS.C7H10N2O2/c1-4-5-15(14-25-2)18(19(29)28-12-10-26-11-13-28)27(3)16-6-8-17(9-7-16)30(20,21,22,23)24;1-11-7-2-6(4-10)9(3-7)5-8/h4-9,14,18,26H,2,10-13H2,1,3H3;4,6-7H,2-3H2,1H3/b5-4-,15-14+;. The molecule has 0 aliphatic carbocycles. The molecular weight excluding hydrogens is 571 g/mol. The zero-order chi connectivity index (χ0) is 30.9. The van der Waals surface area contributed by atoms with Gasteiger partial charge in [0.25, 0.3) is 0 Å². The molecule has 0 spiro atoms. The second kappa shape index (κ2) is 13.0. The molecule has 2 saturated heterocycles. The number of nitrogens with one attached hydrogen (secondary N) is 1. The number of carbonyl (C=O) groups excluding carboxylic acids is 2. The molecule has 2 fully saturated rings. The lowest BCUT2D eigenvalue weighted by molar-refractivity contribution is -0.132. The molecule has 2 aliphatic rings. The monoisotopic (exact) mass is 606 g/mol. The van der Waals surface area contributed by atoms with Crippen LogP contribution >= 0.6 is 10.2 Å². The zero-order valence-electron chi connectivity index (χ0n) is 23.1. The third-order valence-corrected chi connectivity index (χ3v) is 7.74. The number of anilines is 1. The van der Waals surface area contributed by atoms with Gasteiger partial charge in [-0.15, -0.1) is 0 Å². The normalized spacial score (nSPS) is 22.1. The van der Waals surface area contributed by atoms with E-state index in [0.29, 0.717) is 56.9 Å². The molecule has 1 amide bonds. The van der Waals surface area contributed by atoms with Crippen molar-refractivity contribution in [3.05, 3.63) is 48.2 Å². The highest BCUT2D eigenvalue weighted by atomic mass is 32.5. The van der Waals surface area contributed by atoms with Gasteiger partial charge >= 0.3 is 10.2 Å². The van der Waals surface area contributed by atoms with Gasteiger partial charge in [0.1, 0.15) is 17.2 Å². The average Bonchev–Trinajstić information content (AvgIpc) is 3.36. The number of methoxy groups -OCH3 is 1. The van der Waals surface area contributed by atoms with E-state index in [4.69, 9.17) is 10.00 Å². The molecule has 3 rings (SSSR count). The first-order chi connectivity index (χ1) is 19.1. The van der Waals surface area contributed by atoms with Crippen LogP contribution in [0, 0.1) is 11.5 Å². The van der Waals surface area contributed by atoms with Crippen LogP contribution in [0.4, 0.5) is 25.1 Å². The van der Waals surface area contributed by atoms with E-state index in [1.54, 1.807) is 31.1 Å². The minimum Gasteiger partial charge on any atom is -0.379 e. The number of likely N-dealkylation sites (N-methyl/N-ethyl adjacent to an activating group) is 1. The molecule has 0 aromatic heterocycles. The number of amides is 1. The Morgan fingerprint density at radius 2 is 1.85 bits per heavy atom. The van der Waals surface area contributed by atoms with Crippen molar-refractivity contribution < 1.29 is 33.8 Å². The number of aldehydes is 1. The van der Waals surface area contributed by atoms with Crippen LogP contribution in [0.1, 0.15) is 13.3 Å². The van der Waals surface area contributed by atoms with Gasteiger partial charge in [0.05, 0.1) is 18.7 Å². The first-order valence-corrected chi connectivity index (χ1v) is 14.5. The first kappa shape index (κ1) is 33.7. The largest absolute Gasteiger partial charge is 0.379 e. The summed E-state index contributed by atoms with van der Waals surface area (Å²) in [6, 6.07) is 1.34. The molecule has 0 bridgehead atoms. The third kappa shape index (κ3) is 9.27. The molecule has 3 atom stereocenters. The van der Waals surface area contributed by atoms with Gasteiger partial charge in [-0.2, -0.15) is 5.26 Å². The Morgan fingerprint density at radius 1 is 1.24 bits per heavy atom. The first-order valence-electron chi connectivity index (χ1n) is 12.6. The maximum Gasteiger partial charge on any atom is 0.310 e. The van der Waals surface area contributed by atoms with Gasteiger partial charge in [0, 0.05) is 64.2 Å². The van der Waals surface area contributed by atoms with Crippen molar-refractivity contribution in [2.24, 2.45) is 4.99 Å². The third-order valence-electron chi connectivity index (χ3n) is 6.58. The van der Waals surface area contributed by atoms with Crippen molar-refractivity contribution in [2.75, 3.05) is 51.8 Å². The van der Waals surface area contributed by atoms with Gasteiger partial charge in [0.2, 0.25) is 5.91 Å². The maximum absolute atomic E-state index is 13.3. The molecule has 1 aromatic rings. The summed E-state index contributed by atoms with van der Waals surface area (Å²) in [5.74, 6) is -0.274. The molecule has 41 heavy (non-hydrogen) atoms. The van der Waals surface area contributed by atoms with Gasteiger partial charge in [0.15, 0.2) is 6.19 Å². The number of hydrogen-bond donors (Lipinski definition) is 1. The molecular formula is C26H35F5N6O3S. The Hall–Kier alpha value is -3.48. The lowest BCUT2D eigenvalue weighted by Crippen LogP contribution is -2.54. The van der Waals surface area contributed by atoms with Crippen LogP contribution in [0.2, 0.25) is 0 Å². The van der Waals surface area contributed by atoms with Gasteiger partial charge in [-0.25, -0.2) is 0 Å². The summed E-state index contributed by atoms with van der Waals surface area (Å²) in [6.45, 7) is 7.85. The Kier molecular flexibility index (Phi) is 10.7. The highest BCUT2D eigenvalue weighted by Gasteiger charge is 2.65. The Balaban J connectivity index is 0.000000446. The predicted octanol–water partition coefficient (Wildman–Crippen LogP) is 4.50. The Bertz CT molecular complexity index is 1180. The van der Waals surface area contributed by atoms with Crippen molar-refractivity contribution in [2.45, 2.75) is 36.4 Å². The molecule has 0 saturated carbocycles. The van der Waals surface area contributed by atoms with E-state index in [1.807, 2.05) is 6.19 Å². The maximum atomic E-state index is 13.3. The summed E-state index contributed by atoms with van der Waals surface area (Å²) in [5, 5.41) is 11.7. The minimum absolute atomic E-state index is 0.0323. The number of nitriles is 1. The zero-order valence-corrected chi connectivity index (χ0v) is 23.9. The Morgan fingerprint density at radius 3 is 2.29 bits per heavy atom. The molecule has 1 N–H and O–H groups in total. The fraction of sp³-hybridized carbons (Fsp3) is 0.462. The summed E-state index contributed by atoms with van der Waals surface area (Å²) in [7, 11) is -6.67. The molecule has 228 valence electrons. The van der Waals surface area contributed by atoms with Crippen LogP contribution in [0.5, 0.6) is 0 Å². The van der Waals surface area contributed by atoms with E-state index in [9.17, 15) is 29.0 Å². The molecule has 2 heterocycles. The number of aliphatic imine (C=N–C) groups is 1. The van der Waals surface area contributed by atoms with E-state index in [-0.39, 0.29) is 23.7 Å². The van der Waals surface area contributed by atoms with E-state index >= 15 is 0 Å². The quantitative estimate of drug-likeness (QED) is 0.145. The van der Waals surface area contributed by atoms with Crippen LogP contribution in [0.15, 0.2) is 58.1 Å². The van der Waals surface area contributed by atoms with Gasteiger partial charge in [-0.3, -0.25) is 14.7 Å². The van der Waals surface area contributed by atoms with Crippen LogP contribution in [0.3, 0.4) is 0 Å². The summed E-state index contributed by atoms with van der Waals surface area (Å²) in [5.41, 5.74) is 0.642. The summed E-state index contributed by atoms with van der Waals surface area (Å²) in [4.78, 5) is 29.9. The van der Waals surface area contributed by atoms with Crippen molar-refractivity contribution in [3.63, 3.8) is 0 Å². The molecule has 15 heteroatoms. The summed E-state index contributed by atoms with van der Waals surface area (Å²) < 4.78 is 70.1. The number of halogens is 5. The molecule has 9 nitrogen and oxygen atoms in total. The molecule has 2 aliphatic heterocycles. The molecule has 3 unspecified atom stereocenters. The molecule has 1 aromatic carbocycles.